The molecular formula is C11H11N3O3S. The average molecular weight is 265 g/mol. The summed E-state index contributed by atoms with van der Waals surface area (Å²) >= 11 is 1.31. The quantitative estimate of drug-likeness (QED) is 0.875. The number of thiazole rings is 1. The number of aryl methyl sites for hydroxylation is 1. The molecule has 2 aromatic heterocycles. The smallest absolute Gasteiger partial charge is 0.255 e. The molecule has 2 amide bonds. The van der Waals surface area contributed by atoms with E-state index in [0.717, 1.165) is 0 Å². The Labute approximate surface area is 107 Å². The van der Waals surface area contributed by atoms with E-state index in [2.05, 4.69) is 15.6 Å². The number of carbonyl (C=O) groups is 2. The summed E-state index contributed by atoms with van der Waals surface area (Å²) in [7, 11) is 0. The summed E-state index contributed by atoms with van der Waals surface area (Å²) in [5.41, 5.74) is 0.428. The van der Waals surface area contributed by atoms with Gasteiger partial charge in [0.15, 0.2) is 5.13 Å². The molecule has 18 heavy (non-hydrogen) atoms. The number of hydrogen-bond donors (Lipinski definition) is 2. The molecule has 6 nitrogen and oxygen atoms in total. The molecule has 0 fully saturated rings. The summed E-state index contributed by atoms with van der Waals surface area (Å²) in [4.78, 5) is 27.1. The second kappa shape index (κ2) is 5.46. The van der Waals surface area contributed by atoms with Crippen molar-refractivity contribution in [2.75, 3.05) is 11.9 Å². The van der Waals surface area contributed by atoms with Gasteiger partial charge in [0.2, 0.25) is 5.91 Å². The Balaban J connectivity index is 1.83. The van der Waals surface area contributed by atoms with E-state index >= 15 is 0 Å². The van der Waals surface area contributed by atoms with E-state index in [4.69, 9.17) is 4.42 Å². The molecule has 0 bridgehead atoms. The molecule has 0 aliphatic rings. The lowest BCUT2D eigenvalue weighted by molar-refractivity contribution is -0.115. The molecule has 0 aliphatic heterocycles. The Bertz CT molecular complexity index is 548. The van der Waals surface area contributed by atoms with Gasteiger partial charge in [-0.15, -0.1) is 11.3 Å². The largest absolute Gasteiger partial charge is 0.469 e. The van der Waals surface area contributed by atoms with Gasteiger partial charge in [-0.2, -0.15) is 0 Å². The number of nitrogens with zero attached hydrogens (tertiary/aromatic N) is 1. The van der Waals surface area contributed by atoms with Crippen molar-refractivity contribution in [3.63, 3.8) is 0 Å². The molecule has 0 radical (unpaired) electrons. The van der Waals surface area contributed by atoms with Crippen LogP contribution in [0.5, 0.6) is 0 Å². The number of furan rings is 1. The summed E-state index contributed by atoms with van der Waals surface area (Å²) in [5.74, 6) is -0.136. The minimum absolute atomic E-state index is 0.108. The van der Waals surface area contributed by atoms with Crippen molar-refractivity contribution in [3.8, 4) is 0 Å². The summed E-state index contributed by atoms with van der Waals surface area (Å²) in [6, 6.07) is 1.56. The number of anilines is 1. The Morgan fingerprint density at radius 2 is 2.33 bits per heavy atom. The lowest BCUT2D eigenvalue weighted by Crippen LogP contribution is -2.32. The highest BCUT2D eigenvalue weighted by atomic mass is 32.1. The van der Waals surface area contributed by atoms with Gasteiger partial charge in [0.25, 0.3) is 5.91 Å². The lowest BCUT2D eigenvalue weighted by atomic mass is 10.2. The fourth-order valence-corrected chi connectivity index (χ4v) is 1.87. The van der Waals surface area contributed by atoms with Crippen LogP contribution in [0.4, 0.5) is 5.13 Å². The molecule has 2 rings (SSSR count). The maximum atomic E-state index is 11.7. The highest BCUT2D eigenvalue weighted by molar-refractivity contribution is 7.13. The molecule has 2 N–H and O–H groups in total. The van der Waals surface area contributed by atoms with Gasteiger partial charge >= 0.3 is 0 Å². The first-order chi connectivity index (χ1) is 8.66. The van der Waals surface area contributed by atoms with Gasteiger partial charge in [-0.25, -0.2) is 4.98 Å². The van der Waals surface area contributed by atoms with Crippen LogP contribution in [0.2, 0.25) is 0 Å². The number of carbonyl (C=O) groups excluding carboxylic acids is 2. The van der Waals surface area contributed by atoms with Crippen molar-refractivity contribution in [1.82, 2.24) is 10.3 Å². The first kappa shape index (κ1) is 12.3. The fraction of sp³-hybridized carbons (Fsp3) is 0.182. The predicted octanol–water partition coefficient (Wildman–Crippen LogP) is 1.41. The molecule has 7 heteroatoms. The number of amides is 2. The molecule has 0 unspecified atom stereocenters. The van der Waals surface area contributed by atoms with E-state index in [1.54, 1.807) is 24.6 Å². The minimum Gasteiger partial charge on any atom is -0.469 e. The van der Waals surface area contributed by atoms with Gasteiger partial charge in [0, 0.05) is 11.6 Å². The molecule has 2 aromatic rings. The molecule has 0 saturated carbocycles. The van der Waals surface area contributed by atoms with E-state index in [9.17, 15) is 9.59 Å². The second-order valence-electron chi connectivity index (χ2n) is 3.46. The van der Waals surface area contributed by atoms with Crippen molar-refractivity contribution in [3.05, 3.63) is 35.2 Å². The molecule has 94 valence electrons. The van der Waals surface area contributed by atoms with Crippen molar-refractivity contribution in [2.24, 2.45) is 0 Å². The van der Waals surface area contributed by atoms with Gasteiger partial charge in [0.1, 0.15) is 5.76 Å². The maximum Gasteiger partial charge on any atom is 0.255 e. The summed E-state index contributed by atoms with van der Waals surface area (Å²) in [5, 5.41) is 7.33. The molecular weight excluding hydrogens is 254 g/mol. The van der Waals surface area contributed by atoms with Crippen LogP contribution in [0.25, 0.3) is 0 Å². The van der Waals surface area contributed by atoms with Crippen molar-refractivity contribution < 1.29 is 14.0 Å². The monoisotopic (exact) mass is 265 g/mol. The zero-order valence-corrected chi connectivity index (χ0v) is 10.4. The van der Waals surface area contributed by atoms with Gasteiger partial charge in [0.05, 0.1) is 18.4 Å². The van der Waals surface area contributed by atoms with E-state index < -0.39 is 0 Å². The third-order valence-corrected chi connectivity index (χ3v) is 2.88. The molecule has 0 atom stereocenters. The Kier molecular flexibility index (Phi) is 3.73. The first-order valence-electron chi connectivity index (χ1n) is 5.18. The van der Waals surface area contributed by atoms with Crippen LogP contribution in [-0.2, 0) is 4.79 Å². The van der Waals surface area contributed by atoms with Crippen LogP contribution >= 0.6 is 11.3 Å². The second-order valence-corrected chi connectivity index (χ2v) is 4.35. The third-order valence-electron chi connectivity index (χ3n) is 2.19. The zero-order valence-electron chi connectivity index (χ0n) is 9.60. The van der Waals surface area contributed by atoms with Crippen LogP contribution in [0.1, 0.15) is 16.1 Å². The predicted molar refractivity (Wildman–Crippen MR) is 66.5 cm³/mol. The Morgan fingerprint density at radius 1 is 1.50 bits per heavy atom. The van der Waals surface area contributed by atoms with Crippen LogP contribution < -0.4 is 10.6 Å². The van der Waals surface area contributed by atoms with Crippen LogP contribution in [0, 0.1) is 6.92 Å². The lowest BCUT2D eigenvalue weighted by Gasteiger charge is -2.04. The van der Waals surface area contributed by atoms with Crippen molar-refractivity contribution in [2.45, 2.75) is 6.92 Å². The van der Waals surface area contributed by atoms with E-state index in [1.165, 1.54) is 17.6 Å². The highest BCUT2D eigenvalue weighted by Crippen LogP contribution is 2.10. The Morgan fingerprint density at radius 3 is 2.94 bits per heavy atom. The van der Waals surface area contributed by atoms with Gasteiger partial charge in [-0.05, 0) is 13.0 Å². The zero-order chi connectivity index (χ0) is 13.0. The van der Waals surface area contributed by atoms with Gasteiger partial charge < -0.3 is 15.1 Å². The normalized spacial score (nSPS) is 10.1. The number of hydrogen-bond acceptors (Lipinski definition) is 5. The first-order valence-corrected chi connectivity index (χ1v) is 6.06. The summed E-state index contributed by atoms with van der Waals surface area (Å²) in [6.07, 6.45) is 3.02. The highest BCUT2D eigenvalue weighted by Gasteiger charge is 2.12. The minimum atomic E-state index is -0.337. The van der Waals surface area contributed by atoms with Gasteiger partial charge in [-0.1, -0.05) is 0 Å². The summed E-state index contributed by atoms with van der Waals surface area (Å²) < 4.78 is 5.01. The topological polar surface area (TPSA) is 84.2 Å². The fourth-order valence-electron chi connectivity index (χ4n) is 1.32. The Hall–Kier alpha value is -2.15. The van der Waals surface area contributed by atoms with Gasteiger partial charge in [-0.3, -0.25) is 9.59 Å². The number of rotatable bonds is 4. The SMILES string of the molecule is Cc1occc1C(=O)NCC(=O)Nc1nccs1. The summed E-state index contributed by atoms with van der Waals surface area (Å²) in [6.45, 7) is 1.58. The molecule has 0 aliphatic carbocycles. The van der Waals surface area contributed by atoms with E-state index in [0.29, 0.717) is 16.5 Å². The molecule has 0 aromatic carbocycles. The van der Waals surface area contributed by atoms with Crippen LogP contribution in [0.15, 0.2) is 28.3 Å². The molecule has 0 spiro atoms. The number of nitrogens with one attached hydrogen (secondary N) is 2. The molecule has 0 saturated heterocycles. The maximum absolute atomic E-state index is 11.7. The van der Waals surface area contributed by atoms with Crippen molar-refractivity contribution >= 4 is 28.3 Å². The van der Waals surface area contributed by atoms with Crippen LogP contribution in [0.3, 0.4) is 0 Å². The third kappa shape index (κ3) is 2.95. The van der Waals surface area contributed by atoms with Crippen molar-refractivity contribution in [1.29, 1.82) is 0 Å². The standard InChI is InChI=1S/C11H11N3O3S/c1-7-8(2-4-17-7)10(16)13-6-9(15)14-11-12-3-5-18-11/h2-5H,6H2,1H3,(H,13,16)(H,12,14,15). The molecule has 2 heterocycles. The average Bonchev–Trinajstić information content (AvgIpc) is 2.97. The van der Waals surface area contributed by atoms with Crippen LogP contribution in [-0.4, -0.2) is 23.3 Å². The number of aromatic nitrogens is 1. The van der Waals surface area contributed by atoms with E-state index in [1.807, 2.05) is 0 Å². The van der Waals surface area contributed by atoms with E-state index in [-0.39, 0.29) is 18.4 Å².